The Bertz CT molecular complexity index is 1140. The first-order valence-electron chi connectivity index (χ1n) is 8.94. The molecular formula is C20H19N3O6S. The van der Waals surface area contributed by atoms with Gasteiger partial charge < -0.3 is 9.26 Å². The molecule has 1 aromatic heterocycles. The van der Waals surface area contributed by atoms with Gasteiger partial charge in [-0.3, -0.25) is 9.59 Å². The van der Waals surface area contributed by atoms with Crippen LogP contribution in [0.1, 0.15) is 30.1 Å². The minimum Gasteiger partial charge on any atom is -0.454 e. The molecule has 0 saturated heterocycles. The van der Waals surface area contributed by atoms with Gasteiger partial charge in [0.15, 0.2) is 12.4 Å². The summed E-state index contributed by atoms with van der Waals surface area (Å²) in [6, 6.07) is 13.4. The first kappa shape index (κ1) is 21.3. The summed E-state index contributed by atoms with van der Waals surface area (Å²) in [4.78, 5) is 27.5. The highest BCUT2D eigenvalue weighted by atomic mass is 32.2. The van der Waals surface area contributed by atoms with Crippen molar-refractivity contribution in [2.24, 2.45) is 0 Å². The van der Waals surface area contributed by atoms with Gasteiger partial charge in [0.2, 0.25) is 15.8 Å². The summed E-state index contributed by atoms with van der Waals surface area (Å²) in [6.45, 7) is 2.44. The maximum atomic E-state index is 12.4. The van der Waals surface area contributed by atoms with Gasteiger partial charge in [-0.15, -0.1) is 0 Å². The first-order valence-corrected chi connectivity index (χ1v) is 10.4. The van der Waals surface area contributed by atoms with Crippen LogP contribution in [0.5, 0.6) is 0 Å². The van der Waals surface area contributed by atoms with Gasteiger partial charge in [-0.1, -0.05) is 47.6 Å². The van der Waals surface area contributed by atoms with E-state index in [1.54, 1.807) is 12.1 Å². The predicted octanol–water partition coefficient (Wildman–Crippen LogP) is 2.35. The molecule has 10 heteroatoms. The zero-order chi connectivity index (χ0) is 21.7. The molecule has 0 fully saturated rings. The van der Waals surface area contributed by atoms with Crippen LogP contribution in [0.2, 0.25) is 0 Å². The molecule has 0 amide bonds. The van der Waals surface area contributed by atoms with Crippen molar-refractivity contribution in [2.45, 2.75) is 31.4 Å². The summed E-state index contributed by atoms with van der Waals surface area (Å²) in [5, 5.41) is 3.81. The van der Waals surface area contributed by atoms with Crippen molar-refractivity contribution >= 4 is 21.8 Å². The Labute approximate surface area is 173 Å². The van der Waals surface area contributed by atoms with Crippen LogP contribution in [0, 0.1) is 0 Å². The molecule has 3 rings (SSSR count). The smallest absolute Gasteiger partial charge is 0.324 e. The van der Waals surface area contributed by atoms with E-state index in [2.05, 4.69) is 14.9 Å². The molecule has 0 bridgehead atoms. The van der Waals surface area contributed by atoms with Crippen LogP contribution in [0.3, 0.4) is 0 Å². The SMILES string of the molecule is CC(=O)c1ccc(S(=O)(=O)NC(C)C(=O)OCc2nc(-c3ccccc3)no2)cc1. The molecular weight excluding hydrogens is 410 g/mol. The van der Waals surface area contributed by atoms with Crippen molar-refractivity contribution in [1.82, 2.24) is 14.9 Å². The second-order valence-corrected chi connectivity index (χ2v) is 8.12. The first-order chi connectivity index (χ1) is 14.3. The van der Waals surface area contributed by atoms with Crippen LogP contribution in [0.25, 0.3) is 11.4 Å². The zero-order valence-electron chi connectivity index (χ0n) is 16.2. The fraction of sp³-hybridized carbons (Fsp3) is 0.200. The Hall–Kier alpha value is -3.37. The number of Topliss-reactive ketones (excluding diaryl/α,β-unsaturated/α-hetero) is 1. The van der Waals surface area contributed by atoms with Crippen molar-refractivity contribution in [3.63, 3.8) is 0 Å². The number of sulfonamides is 1. The summed E-state index contributed by atoms with van der Waals surface area (Å²) in [7, 11) is -3.98. The lowest BCUT2D eigenvalue weighted by atomic mass is 10.2. The number of nitrogens with one attached hydrogen (secondary N) is 1. The fourth-order valence-electron chi connectivity index (χ4n) is 2.49. The second-order valence-electron chi connectivity index (χ2n) is 6.41. The number of hydrogen-bond acceptors (Lipinski definition) is 8. The van der Waals surface area contributed by atoms with Crippen molar-refractivity contribution in [3.05, 3.63) is 66.1 Å². The summed E-state index contributed by atoms with van der Waals surface area (Å²) >= 11 is 0. The number of benzene rings is 2. The highest BCUT2D eigenvalue weighted by Crippen LogP contribution is 2.15. The fourth-order valence-corrected chi connectivity index (χ4v) is 3.69. The molecule has 1 unspecified atom stereocenters. The Balaban J connectivity index is 1.58. The number of ether oxygens (including phenoxy) is 1. The third-order valence-corrected chi connectivity index (χ3v) is 5.65. The lowest BCUT2D eigenvalue weighted by molar-refractivity contribution is -0.147. The molecule has 0 spiro atoms. The monoisotopic (exact) mass is 429 g/mol. The lowest BCUT2D eigenvalue weighted by Crippen LogP contribution is -2.39. The van der Waals surface area contributed by atoms with E-state index >= 15 is 0 Å². The Kier molecular flexibility index (Phi) is 6.38. The van der Waals surface area contributed by atoms with Crippen LogP contribution in [0.4, 0.5) is 0 Å². The van der Waals surface area contributed by atoms with E-state index in [1.165, 1.54) is 38.1 Å². The van der Waals surface area contributed by atoms with Crippen molar-refractivity contribution in [1.29, 1.82) is 0 Å². The zero-order valence-corrected chi connectivity index (χ0v) is 17.0. The number of carbonyl (C=O) groups is 2. The largest absolute Gasteiger partial charge is 0.454 e. The predicted molar refractivity (Wildman–Crippen MR) is 106 cm³/mol. The molecule has 0 aliphatic rings. The van der Waals surface area contributed by atoms with E-state index in [9.17, 15) is 18.0 Å². The van der Waals surface area contributed by atoms with E-state index in [1.807, 2.05) is 18.2 Å². The molecule has 30 heavy (non-hydrogen) atoms. The van der Waals surface area contributed by atoms with Gasteiger partial charge >= 0.3 is 5.97 Å². The molecule has 0 saturated carbocycles. The highest BCUT2D eigenvalue weighted by Gasteiger charge is 2.24. The standard InChI is InChI=1S/C20H19N3O6S/c1-13(23-30(26,27)17-10-8-15(9-11-17)14(2)24)20(25)28-12-18-21-19(22-29-18)16-6-4-3-5-7-16/h3-11,13,23H,12H2,1-2H3. The van der Waals surface area contributed by atoms with Gasteiger partial charge in [-0.05, 0) is 26.0 Å². The number of aromatic nitrogens is 2. The van der Waals surface area contributed by atoms with E-state index < -0.39 is 22.0 Å². The second kappa shape index (κ2) is 8.97. The Morgan fingerprint density at radius 2 is 1.77 bits per heavy atom. The van der Waals surface area contributed by atoms with Gasteiger partial charge in [0.05, 0.1) is 4.90 Å². The van der Waals surface area contributed by atoms with Crippen molar-refractivity contribution in [2.75, 3.05) is 0 Å². The molecule has 0 aliphatic carbocycles. The van der Waals surface area contributed by atoms with Crippen LogP contribution in [0.15, 0.2) is 64.0 Å². The molecule has 3 aromatic rings. The average molecular weight is 429 g/mol. The van der Waals surface area contributed by atoms with Crippen molar-refractivity contribution < 1.29 is 27.3 Å². The van der Waals surface area contributed by atoms with Crippen LogP contribution >= 0.6 is 0 Å². The number of ketones is 1. The van der Waals surface area contributed by atoms with Gasteiger partial charge in [0.1, 0.15) is 6.04 Å². The number of esters is 1. The molecule has 0 radical (unpaired) electrons. The maximum absolute atomic E-state index is 12.4. The summed E-state index contributed by atoms with van der Waals surface area (Å²) < 4.78 is 37.2. The summed E-state index contributed by atoms with van der Waals surface area (Å²) in [5.41, 5.74) is 1.13. The van der Waals surface area contributed by atoms with Crippen LogP contribution < -0.4 is 4.72 Å². The van der Waals surface area contributed by atoms with Gasteiger partial charge in [-0.25, -0.2) is 8.42 Å². The Morgan fingerprint density at radius 1 is 1.10 bits per heavy atom. The van der Waals surface area contributed by atoms with Gasteiger partial charge in [0, 0.05) is 11.1 Å². The summed E-state index contributed by atoms with van der Waals surface area (Å²) in [5.74, 6) is -0.555. The molecule has 0 aliphatic heterocycles. The average Bonchev–Trinajstić information content (AvgIpc) is 3.21. The topological polar surface area (TPSA) is 128 Å². The van der Waals surface area contributed by atoms with Crippen LogP contribution in [-0.4, -0.2) is 36.4 Å². The molecule has 2 aromatic carbocycles. The van der Waals surface area contributed by atoms with E-state index in [0.29, 0.717) is 11.4 Å². The van der Waals surface area contributed by atoms with E-state index in [4.69, 9.17) is 9.26 Å². The number of hydrogen-bond donors (Lipinski definition) is 1. The van der Waals surface area contributed by atoms with Crippen molar-refractivity contribution in [3.8, 4) is 11.4 Å². The number of nitrogens with zero attached hydrogens (tertiary/aromatic N) is 2. The third kappa shape index (κ3) is 5.16. The molecule has 156 valence electrons. The van der Waals surface area contributed by atoms with Crippen LogP contribution in [-0.2, 0) is 26.2 Å². The number of rotatable bonds is 8. The maximum Gasteiger partial charge on any atom is 0.324 e. The van der Waals surface area contributed by atoms with E-state index in [0.717, 1.165) is 5.56 Å². The van der Waals surface area contributed by atoms with Gasteiger partial charge in [0.25, 0.3) is 5.89 Å². The molecule has 1 heterocycles. The quantitative estimate of drug-likeness (QED) is 0.427. The lowest BCUT2D eigenvalue weighted by Gasteiger charge is -2.13. The minimum atomic E-state index is -3.98. The molecule has 9 nitrogen and oxygen atoms in total. The molecule has 1 atom stereocenters. The molecule has 1 N–H and O–H groups in total. The van der Waals surface area contributed by atoms with E-state index in [-0.39, 0.29) is 23.2 Å². The third-order valence-electron chi connectivity index (χ3n) is 4.09. The Morgan fingerprint density at radius 3 is 2.40 bits per heavy atom. The summed E-state index contributed by atoms with van der Waals surface area (Å²) in [6.07, 6.45) is 0. The normalized spacial score (nSPS) is 12.3. The van der Waals surface area contributed by atoms with Gasteiger partial charge in [-0.2, -0.15) is 9.71 Å². The minimum absolute atomic E-state index is 0.0726. The highest BCUT2D eigenvalue weighted by molar-refractivity contribution is 7.89. The number of carbonyl (C=O) groups excluding carboxylic acids is 2.